The second kappa shape index (κ2) is 11.5. The Hall–Kier alpha value is -4.91. The average Bonchev–Trinajstić information content (AvgIpc) is 3.56. The molecule has 1 unspecified atom stereocenters. The molecule has 0 bridgehead atoms. The van der Waals surface area contributed by atoms with Crippen molar-refractivity contribution < 1.29 is 24.0 Å². The van der Waals surface area contributed by atoms with Crippen LogP contribution in [0, 0.1) is 15.5 Å². The number of nitro benzene ring substituents is 1. The first-order valence-electron chi connectivity index (χ1n) is 13.5. The Labute approximate surface area is 241 Å². The number of anilines is 1. The smallest absolute Gasteiger partial charge is 0.419 e. The molecule has 5 rings (SSSR count). The van der Waals surface area contributed by atoms with Crippen LogP contribution in [0.2, 0.25) is 0 Å². The lowest BCUT2D eigenvalue weighted by Crippen LogP contribution is -2.28. The van der Waals surface area contributed by atoms with Crippen LogP contribution in [0.25, 0.3) is 22.2 Å². The van der Waals surface area contributed by atoms with Gasteiger partial charge in [-0.2, -0.15) is 0 Å². The van der Waals surface area contributed by atoms with E-state index in [0.717, 1.165) is 31.0 Å². The van der Waals surface area contributed by atoms with Crippen LogP contribution >= 0.6 is 0 Å². The quantitative estimate of drug-likeness (QED) is 0.122. The van der Waals surface area contributed by atoms with Crippen molar-refractivity contribution in [2.75, 3.05) is 11.9 Å². The molecule has 0 aliphatic carbocycles. The third-order valence-electron chi connectivity index (χ3n) is 6.77. The second-order valence-electron chi connectivity index (χ2n) is 11.1. The van der Waals surface area contributed by atoms with Gasteiger partial charge in [0.2, 0.25) is 0 Å². The van der Waals surface area contributed by atoms with Crippen molar-refractivity contribution in [3.05, 3.63) is 69.5 Å². The summed E-state index contributed by atoms with van der Waals surface area (Å²) in [5, 5.41) is 32.2. The van der Waals surface area contributed by atoms with Crippen LogP contribution in [-0.2, 0) is 16.0 Å². The standard InChI is InChI=1S/C29H31N7O6/c1-29(2,3)42-28(38)35-21(17-37)11-19-8-7-18(10-26(19)35)15-34-16-25(32-33-34)22-12-20(36(39)40)13-24(23(22)14-30)31-27-6-4-5-9-41-27/h7-8,10-14,16-17,27,30-31H,4-6,9,15H2,1-3H3. The van der Waals surface area contributed by atoms with Crippen molar-refractivity contribution in [1.82, 2.24) is 19.6 Å². The number of carbonyl (C=O) groups excluding carboxylic acids is 2. The minimum absolute atomic E-state index is 0.150. The molecule has 0 spiro atoms. The number of non-ortho nitro benzene ring substituents is 1. The zero-order valence-electron chi connectivity index (χ0n) is 23.5. The van der Waals surface area contributed by atoms with Gasteiger partial charge in [0.25, 0.3) is 5.69 Å². The van der Waals surface area contributed by atoms with Crippen molar-refractivity contribution in [2.24, 2.45) is 0 Å². The van der Waals surface area contributed by atoms with Crippen LogP contribution in [0.3, 0.4) is 0 Å². The van der Waals surface area contributed by atoms with Gasteiger partial charge < -0.3 is 20.2 Å². The highest BCUT2D eigenvalue weighted by Gasteiger charge is 2.24. The van der Waals surface area contributed by atoms with Gasteiger partial charge in [-0.05, 0) is 57.7 Å². The number of nitrogens with one attached hydrogen (secondary N) is 2. The zero-order chi connectivity index (χ0) is 30.0. The Kier molecular flexibility index (Phi) is 7.85. The molecule has 2 aromatic heterocycles. The van der Waals surface area contributed by atoms with Gasteiger partial charge in [-0.25, -0.2) is 14.0 Å². The molecular weight excluding hydrogens is 542 g/mol. The van der Waals surface area contributed by atoms with Gasteiger partial charge in [-0.1, -0.05) is 17.3 Å². The van der Waals surface area contributed by atoms with E-state index in [1.165, 1.54) is 16.7 Å². The van der Waals surface area contributed by atoms with E-state index < -0.39 is 16.6 Å². The molecule has 0 amide bonds. The number of fused-ring (bicyclic) bond motifs is 1. The summed E-state index contributed by atoms with van der Waals surface area (Å²) in [5.74, 6) is 0. The van der Waals surface area contributed by atoms with E-state index in [1.54, 1.807) is 49.8 Å². The maximum atomic E-state index is 12.9. The molecule has 1 saturated heterocycles. The summed E-state index contributed by atoms with van der Waals surface area (Å²) in [4.78, 5) is 35.9. The SMILES string of the molecule is CC(C)(C)OC(=O)n1c(C=O)cc2ccc(Cn3cc(-c4cc([N+](=O)[O-])cc(NC5CCCCO5)c4C=N)nn3)cc21. The number of nitrogens with zero attached hydrogens (tertiary/aromatic N) is 5. The summed E-state index contributed by atoms with van der Waals surface area (Å²) in [6, 6.07) is 9.82. The molecule has 1 aliphatic rings. The summed E-state index contributed by atoms with van der Waals surface area (Å²) in [6.07, 6.45) is 5.09. The molecule has 42 heavy (non-hydrogen) atoms. The van der Waals surface area contributed by atoms with Crippen molar-refractivity contribution in [2.45, 2.75) is 58.4 Å². The molecule has 13 heteroatoms. The number of hydrogen-bond acceptors (Lipinski definition) is 10. The summed E-state index contributed by atoms with van der Waals surface area (Å²) in [6.45, 7) is 6.10. The van der Waals surface area contributed by atoms with Gasteiger partial charge in [0, 0.05) is 41.5 Å². The van der Waals surface area contributed by atoms with Crippen molar-refractivity contribution in [3.63, 3.8) is 0 Å². The van der Waals surface area contributed by atoms with E-state index >= 15 is 0 Å². The van der Waals surface area contributed by atoms with E-state index in [0.29, 0.717) is 46.3 Å². The Morgan fingerprint density at radius 3 is 2.74 bits per heavy atom. The molecule has 1 aliphatic heterocycles. The minimum Gasteiger partial charge on any atom is -0.443 e. The molecule has 218 valence electrons. The second-order valence-corrected chi connectivity index (χ2v) is 11.1. The topological polar surface area (TPSA) is 167 Å². The van der Waals surface area contributed by atoms with Crippen molar-refractivity contribution >= 4 is 40.9 Å². The van der Waals surface area contributed by atoms with Gasteiger partial charge >= 0.3 is 6.09 Å². The van der Waals surface area contributed by atoms with E-state index in [9.17, 15) is 19.7 Å². The first-order chi connectivity index (χ1) is 20.1. The third kappa shape index (κ3) is 6.05. The number of hydrogen-bond donors (Lipinski definition) is 2. The van der Waals surface area contributed by atoms with Crippen LogP contribution in [0.15, 0.2) is 42.6 Å². The van der Waals surface area contributed by atoms with Gasteiger partial charge in [-0.3, -0.25) is 14.9 Å². The van der Waals surface area contributed by atoms with Crippen LogP contribution in [0.1, 0.15) is 61.6 Å². The maximum Gasteiger partial charge on any atom is 0.419 e. The lowest BCUT2D eigenvalue weighted by Gasteiger charge is -2.25. The number of ether oxygens (including phenoxy) is 2. The Morgan fingerprint density at radius 1 is 1.26 bits per heavy atom. The fourth-order valence-electron chi connectivity index (χ4n) is 4.91. The third-order valence-corrected chi connectivity index (χ3v) is 6.77. The number of aldehydes is 1. The van der Waals surface area contributed by atoms with Crippen LogP contribution in [-0.4, -0.2) is 61.5 Å². The lowest BCUT2D eigenvalue weighted by molar-refractivity contribution is -0.384. The lowest BCUT2D eigenvalue weighted by atomic mass is 10.0. The maximum absolute atomic E-state index is 12.9. The van der Waals surface area contributed by atoms with Crippen LogP contribution in [0.5, 0.6) is 0 Å². The van der Waals surface area contributed by atoms with Crippen LogP contribution in [0.4, 0.5) is 16.2 Å². The number of rotatable bonds is 8. The highest BCUT2D eigenvalue weighted by Crippen LogP contribution is 2.33. The van der Waals surface area contributed by atoms with Gasteiger partial charge in [-0.15, -0.1) is 5.10 Å². The van der Waals surface area contributed by atoms with Crippen molar-refractivity contribution in [3.8, 4) is 11.3 Å². The molecule has 0 radical (unpaired) electrons. The number of aromatic nitrogens is 4. The Balaban J connectivity index is 1.47. The molecule has 4 aromatic rings. The summed E-state index contributed by atoms with van der Waals surface area (Å²) >= 11 is 0. The first kappa shape index (κ1) is 28.6. The van der Waals surface area contributed by atoms with Gasteiger partial charge in [0.05, 0.1) is 34.6 Å². The van der Waals surface area contributed by atoms with E-state index in [2.05, 4.69) is 15.6 Å². The molecule has 2 aromatic carbocycles. The average molecular weight is 574 g/mol. The Morgan fingerprint density at radius 2 is 2.07 bits per heavy atom. The summed E-state index contributed by atoms with van der Waals surface area (Å²) < 4.78 is 14.1. The zero-order valence-corrected chi connectivity index (χ0v) is 23.5. The molecule has 2 N–H and O–H groups in total. The minimum atomic E-state index is -0.747. The fourth-order valence-corrected chi connectivity index (χ4v) is 4.91. The van der Waals surface area contributed by atoms with Crippen molar-refractivity contribution in [1.29, 1.82) is 5.41 Å². The van der Waals surface area contributed by atoms with E-state index in [1.807, 2.05) is 6.07 Å². The molecule has 3 heterocycles. The predicted octanol–water partition coefficient (Wildman–Crippen LogP) is 5.39. The predicted molar refractivity (Wildman–Crippen MR) is 155 cm³/mol. The molecule has 0 saturated carbocycles. The van der Waals surface area contributed by atoms with E-state index in [-0.39, 0.29) is 24.2 Å². The molecule has 1 fully saturated rings. The normalized spacial score (nSPS) is 15.4. The molecule has 13 nitrogen and oxygen atoms in total. The fraction of sp³-hybridized carbons (Fsp3) is 0.345. The monoisotopic (exact) mass is 573 g/mol. The molecule has 1 atom stereocenters. The van der Waals surface area contributed by atoms with Crippen LogP contribution < -0.4 is 5.32 Å². The number of benzene rings is 2. The molecular formula is C29H31N7O6. The number of carbonyl (C=O) groups is 2. The van der Waals surface area contributed by atoms with Gasteiger partial charge in [0.1, 0.15) is 17.5 Å². The largest absolute Gasteiger partial charge is 0.443 e. The highest BCUT2D eigenvalue weighted by atomic mass is 16.6. The highest BCUT2D eigenvalue weighted by molar-refractivity contribution is 5.98. The van der Waals surface area contributed by atoms with Gasteiger partial charge in [0.15, 0.2) is 6.29 Å². The number of nitro groups is 1. The Bertz CT molecular complexity index is 1680. The summed E-state index contributed by atoms with van der Waals surface area (Å²) in [5.41, 5.74) is 2.13. The van der Waals surface area contributed by atoms with E-state index in [4.69, 9.17) is 14.9 Å². The summed E-state index contributed by atoms with van der Waals surface area (Å²) in [7, 11) is 0. The first-order valence-corrected chi connectivity index (χ1v) is 13.5.